The highest BCUT2D eigenvalue weighted by atomic mass is 79.9. The van der Waals surface area contributed by atoms with Crippen LogP contribution in [0.5, 0.6) is 5.75 Å². The summed E-state index contributed by atoms with van der Waals surface area (Å²) < 4.78 is 7.71. The lowest BCUT2D eigenvalue weighted by atomic mass is 9.86. The fraction of sp³-hybridized carbons (Fsp3) is 0.350. The van der Waals surface area contributed by atoms with Crippen LogP contribution in [-0.4, -0.2) is 18.3 Å². The summed E-state index contributed by atoms with van der Waals surface area (Å²) in [5.41, 5.74) is 8.02. The number of carbonyl (C=O) groups excluding carboxylic acids is 1. The summed E-state index contributed by atoms with van der Waals surface area (Å²) in [4.78, 5) is 13.2. The number of amides is 1. The molecule has 144 valence electrons. The van der Waals surface area contributed by atoms with Crippen LogP contribution in [0.4, 0.5) is 11.4 Å². The van der Waals surface area contributed by atoms with E-state index in [1.54, 1.807) is 11.8 Å². The number of nitrogens with two attached hydrogens (primary N) is 1. The van der Waals surface area contributed by atoms with Gasteiger partial charge in [0.05, 0.1) is 17.7 Å². The van der Waals surface area contributed by atoms with E-state index in [2.05, 4.69) is 37.2 Å². The summed E-state index contributed by atoms with van der Waals surface area (Å²) >= 11 is 8.75. The van der Waals surface area contributed by atoms with E-state index >= 15 is 0 Å². The van der Waals surface area contributed by atoms with Gasteiger partial charge in [0, 0.05) is 19.5 Å². The van der Waals surface area contributed by atoms with Crippen LogP contribution < -0.4 is 15.8 Å². The monoisotopic (exact) mass is 512 g/mol. The molecule has 0 spiro atoms. The molecule has 0 fully saturated rings. The largest absolute Gasteiger partial charge is 0.494 e. The van der Waals surface area contributed by atoms with Crippen molar-refractivity contribution in [3.8, 4) is 5.75 Å². The molecule has 0 aliphatic carbocycles. The smallest absolute Gasteiger partial charge is 0.234 e. The molecule has 7 heteroatoms. The summed E-state index contributed by atoms with van der Waals surface area (Å²) in [5.74, 6) is 1.87. The van der Waals surface area contributed by atoms with Crippen LogP contribution in [0, 0.1) is 0 Å². The van der Waals surface area contributed by atoms with Crippen LogP contribution in [0.25, 0.3) is 0 Å². The number of anilines is 2. The van der Waals surface area contributed by atoms with Crippen LogP contribution in [-0.2, 0) is 10.2 Å². The zero-order valence-corrected chi connectivity index (χ0v) is 19.3. The third-order valence-electron chi connectivity index (χ3n) is 4.61. The van der Waals surface area contributed by atoms with Crippen molar-refractivity contribution < 1.29 is 9.53 Å². The van der Waals surface area contributed by atoms with Gasteiger partial charge in [-0.1, -0.05) is 0 Å². The van der Waals surface area contributed by atoms with Crippen molar-refractivity contribution in [2.75, 3.05) is 23.4 Å². The number of carbonyl (C=O) groups is 1. The first kappa shape index (κ1) is 20.6. The van der Waals surface area contributed by atoms with Gasteiger partial charge in [0.1, 0.15) is 5.75 Å². The highest BCUT2D eigenvalue weighted by molar-refractivity contribution is 9.11. The molecule has 2 aromatic carbocycles. The van der Waals surface area contributed by atoms with Crippen molar-refractivity contribution in [1.82, 2.24) is 0 Å². The van der Waals surface area contributed by atoms with Crippen LogP contribution >= 0.6 is 43.6 Å². The number of hydrogen-bond donors (Lipinski definition) is 2. The zero-order chi connectivity index (χ0) is 19.6. The minimum absolute atomic E-state index is 0.0348. The van der Waals surface area contributed by atoms with E-state index in [4.69, 9.17) is 10.5 Å². The second kappa shape index (κ2) is 8.45. The maximum absolute atomic E-state index is 12.0. The standard InChI is InChI=1S/C20H22Br2N2O2S/c1-20(2)14-9-12(5-6-17(14)24-19(20)25)26-7-3-4-8-27-13-10-15(21)18(23)16(22)11-13/h5-6,9-11H,3-4,7-8,23H2,1-2H3,(H,24,25). The van der Waals surface area contributed by atoms with Gasteiger partial charge < -0.3 is 15.8 Å². The lowest BCUT2D eigenvalue weighted by molar-refractivity contribution is -0.119. The fourth-order valence-corrected chi connectivity index (χ4v) is 5.34. The Bertz CT molecular complexity index is 848. The molecule has 1 heterocycles. The average molecular weight is 514 g/mol. The topological polar surface area (TPSA) is 64.3 Å². The SMILES string of the molecule is CC1(C)C(=O)Nc2ccc(OCCCCSc3cc(Br)c(N)c(Br)c3)cc21. The summed E-state index contributed by atoms with van der Waals surface area (Å²) in [6.07, 6.45) is 2.03. The highest BCUT2D eigenvalue weighted by Gasteiger charge is 2.38. The Morgan fingerprint density at radius 2 is 1.85 bits per heavy atom. The lowest BCUT2D eigenvalue weighted by Gasteiger charge is -2.16. The van der Waals surface area contributed by atoms with Crippen molar-refractivity contribution in [3.05, 3.63) is 44.8 Å². The Kier molecular flexibility index (Phi) is 6.43. The second-order valence-corrected chi connectivity index (χ2v) is 9.87. The third kappa shape index (κ3) is 4.63. The number of benzene rings is 2. The van der Waals surface area contributed by atoms with Crippen LogP contribution in [0.3, 0.4) is 0 Å². The molecule has 0 saturated heterocycles. The van der Waals surface area contributed by atoms with Gasteiger partial charge in [-0.15, -0.1) is 11.8 Å². The maximum atomic E-state index is 12.0. The fourth-order valence-electron chi connectivity index (χ4n) is 2.87. The Morgan fingerprint density at radius 1 is 1.15 bits per heavy atom. The molecule has 0 atom stereocenters. The number of hydrogen-bond acceptors (Lipinski definition) is 4. The molecular formula is C20H22Br2N2O2S. The van der Waals surface area contributed by atoms with Gasteiger partial charge in [0.2, 0.25) is 5.91 Å². The van der Waals surface area contributed by atoms with E-state index in [1.807, 2.05) is 44.2 Å². The minimum atomic E-state index is -0.507. The normalized spacial score (nSPS) is 14.7. The van der Waals surface area contributed by atoms with E-state index in [0.717, 1.165) is 50.2 Å². The first-order chi connectivity index (χ1) is 12.8. The maximum Gasteiger partial charge on any atom is 0.234 e. The first-order valence-corrected chi connectivity index (χ1v) is 11.3. The predicted molar refractivity (Wildman–Crippen MR) is 120 cm³/mol. The number of fused-ring (bicyclic) bond motifs is 1. The van der Waals surface area contributed by atoms with Gasteiger partial charge in [-0.25, -0.2) is 0 Å². The summed E-state index contributed by atoms with van der Waals surface area (Å²) in [6, 6.07) is 9.90. The van der Waals surface area contributed by atoms with Gasteiger partial charge in [0.15, 0.2) is 0 Å². The molecular weight excluding hydrogens is 492 g/mol. The Balaban J connectivity index is 1.44. The van der Waals surface area contributed by atoms with Crippen LogP contribution in [0.1, 0.15) is 32.3 Å². The Morgan fingerprint density at radius 3 is 2.56 bits per heavy atom. The van der Waals surface area contributed by atoms with E-state index in [9.17, 15) is 4.79 Å². The Hall–Kier alpha value is -1.18. The van der Waals surface area contributed by atoms with Crippen molar-refractivity contribution in [2.45, 2.75) is 37.0 Å². The molecule has 0 saturated carbocycles. The molecule has 2 aromatic rings. The van der Waals surface area contributed by atoms with Gasteiger partial charge in [-0.2, -0.15) is 0 Å². The summed E-state index contributed by atoms with van der Waals surface area (Å²) in [7, 11) is 0. The van der Waals surface area contributed by atoms with E-state index in [-0.39, 0.29) is 5.91 Å². The number of nitrogen functional groups attached to an aromatic ring is 1. The van der Waals surface area contributed by atoms with Gasteiger partial charge >= 0.3 is 0 Å². The van der Waals surface area contributed by atoms with Gasteiger partial charge in [0.25, 0.3) is 0 Å². The quantitative estimate of drug-likeness (QED) is 0.272. The molecule has 0 bridgehead atoms. The van der Waals surface area contributed by atoms with E-state index < -0.39 is 5.41 Å². The van der Waals surface area contributed by atoms with Gasteiger partial charge in [-0.3, -0.25) is 4.79 Å². The van der Waals surface area contributed by atoms with Crippen LogP contribution in [0.15, 0.2) is 44.2 Å². The van der Waals surface area contributed by atoms with Crippen molar-refractivity contribution in [1.29, 1.82) is 0 Å². The van der Waals surface area contributed by atoms with Gasteiger partial charge in [-0.05, 0) is 100 Å². The molecule has 0 aromatic heterocycles. The molecule has 27 heavy (non-hydrogen) atoms. The molecule has 4 nitrogen and oxygen atoms in total. The minimum Gasteiger partial charge on any atom is -0.494 e. The molecule has 0 radical (unpaired) electrons. The molecule has 3 rings (SSSR count). The number of thioether (sulfide) groups is 1. The highest BCUT2D eigenvalue weighted by Crippen LogP contribution is 2.39. The lowest BCUT2D eigenvalue weighted by Crippen LogP contribution is -2.26. The number of nitrogens with one attached hydrogen (secondary N) is 1. The molecule has 1 amide bonds. The molecule has 0 unspecified atom stereocenters. The number of rotatable bonds is 7. The van der Waals surface area contributed by atoms with Crippen molar-refractivity contribution in [2.24, 2.45) is 0 Å². The predicted octanol–water partition coefficient (Wildman–Crippen LogP) is 5.97. The second-order valence-electron chi connectivity index (χ2n) is 6.99. The van der Waals surface area contributed by atoms with Crippen LogP contribution in [0.2, 0.25) is 0 Å². The third-order valence-corrected chi connectivity index (χ3v) is 6.98. The van der Waals surface area contributed by atoms with E-state index in [0.29, 0.717) is 6.61 Å². The van der Waals surface area contributed by atoms with Crippen molar-refractivity contribution >= 4 is 60.9 Å². The summed E-state index contributed by atoms with van der Waals surface area (Å²) in [5, 5.41) is 2.91. The zero-order valence-electron chi connectivity index (χ0n) is 15.3. The Labute approximate surface area is 180 Å². The molecule has 1 aliphatic rings. The average Bonchev–Trinajstić information content (AvgIpc) is 2.85. The number of unbranched alkanes of at least 4 members (excludes halogenated alkanes) is 1. The number of halogens is 2. The number of ether oxygens (including phenoxy) is 1. The first-order valence-electron chi connectivity index (χ1n) is 8.75. The molecule has 3 N–H and O–H groups in total. The molecule has 1 aliphatic heterocycles. The van der Waals surface area contributed by atoms with E-state index in [1.165, 1.54) is 4.90 Å². The van der Waals surface area contributed by atoms with Crippen molar-refractivity contribution in [3.63, 3.8) is 0 Å². The summed E-state index contributed by atoms with van der Waals surface area (Å²) in [6.45, 7) is 4.53.